The van der Waals surface area contributed by atoms with E-state index in [-0.39, 0.29) is 5.92 Å². The van der Waals surface area contributed by atoms with Crippen LogP contribution in [0, 0.1) is 12.8 Å². The zero-order valence-corrected chi connectivity index (χ0v) is 19.4. The number of aryl methyl sites for hydroxylation is 1. The summed E-state index contributed by atoms with van der Waals surface area (Å²) in [6.45, 7) is 5.42. The summed E-state index contributed by atoms with van der Waals surface area (Å²) in [6.07, 6.45) is 5.09. The molecule has 0 atom stereocenters. The van der Waals surface area contributed by atoms with Gasteiger partial charge >= 0.3 is 0 Å². The number of carbonyl (C=O) groups excluding carboxylic acids is 1. The van der Waals surface area contributed by atoms with Crippen molar-refractivity contribution in [2.75, 3.05) is 31.1 Å². The lowest BCUT2D eigenvalue weighted by Gasteiger charge is -2.31. The maximum Gasteiger partial charge on any atom is 0.225 e. The Kier molecular flexibility index (Phi) is 6.38. The molecule has 2 fully saturated rings. The third kappa shape index (κ3) is 4.77. The highest BCUT2D eigenvalue weighted by molar-refractivity contribution is 5.79. The van der Waals surface area contributed by atoms with Crippen molar-refractivity contribution in [3.8, 4) is 11.4 Å². The van der Waals surface area contributed by atoms with Gasteiger partial charge in [0.25, 0.3) is 0 Å². The van der Waals surface area contributed by atoms with Crippen LogP contribution < -0.4 is 4.90 Å². The van der Waals surface area contributed by atoms with Crippen LogP contribution in [-0.2, 0) is 11.2 Å². The molecular weight excluding hydrogens is 408 g/mol. The Morgan fingerprint density at radius 1 is 0.879 bits per heavy atom. The molecule has 1 saturated carbocycles. The highest BCUT2D eigenvalue weighted by Crippen LogP contribution is 2.30. The van der Waals surface area contributed by atoms with E-state index in [0.29, 0.717) is 5.91 Å². The average Bonchev–Trinajstić information content (AvgIpc) is 3.07. The van der Waals surface area contributed by atoms with Crippen molar-refractivity contribution in [2.45, 2.75) is 39.0 Å². The van der Waals surface area contributed by atoms with Gasteiger partial charge in [0, 0.05) is 55.3 Å². The summed E-state index contributed by atoms with van der Waals surface area (Å²) < 4.78 is 0. The van der Waals surface area contributed by atoms with E-state index >= 15 is 0 Å². The number of benzene rings is 2. The predicted octanol–water partition coefficient (Wildman–Crippen LogP) is 4.88. The monoisotopic (exact) mass is 440 g/mol. The molecule has 1 aliphatic heterocycles. The average molecular weight is 441 g/mol. The van der Waals surface area contributed by atoms with E-state index in [1.807, 2.05) is 18.2 Å². The molecule has 33 heavy (non-hydrogen) atoms. The Bertz CT molecular complexity index is 1100. The van der Waals surface area contributed by atoms with Crippen molar-refractivity contribution >= 4 is 11.7 Å². The van der Waals surface area contributed by atoms with Crippen molar-refractivity contribution < 1.29 is 4.79 Å². The number of anilines is 1. The van der Waals surface area contributed by atoms with E-state index < -0.39 is 0 Å². The summed E-state index contributed by atoms with van der Waals surface area (Å²) in [6, 6.07) is 20.7. The minimum absolute atomic E-state index is 0.260. The number of amides is 1. The maximum atomic E-state index is 12.9. The molecule has 5 nitrogen and oxygen atoms in total. The Morgan fingerprint density at radius 2 is 1.61 bits per heavy atom. The van der Waals surface area contributed by atoms with Gasteiger partial charge in [-0.3, -0.25) is 4.79 Å². The molecule has 1 aliphatic carbocycles. The maximum absolute atomic E-state index is 12.9. The number of hydrogen-bond acceptors (Lipinski definition) is 4. The molecule has 170 valence electrons. The van der Waals surface area contributed by atoms with Gasteiger partial charge < -0.3 is 9.80 Å². The van der Waals surface area contributed by atoms with E-state index in [1.54, 1.807) is 0 Å². The molecular formula is C28H32N4O. The SMILES string of the molecule is Cc1nc(-c2ccccc2)nc(N2CCCN(C(=O)C3CCC3)CC2)c1Cc1ccccc1. The van der Waals surface area contributed by atoms with Crippen LogP contribution in [0.3, 0.4) is 0 Å². The summed E-state index contributed by atoms with van der Waals surface area (Å²) in [4.78, 5) is 27.3. The van der Waals surface area contributed by atoms with Gasteiger partial charge in [0.05, 0.1) is 0 Å². The van der Waals surface area contributed by atoms with Crippen LogP contribution in [0.15, 0.2) is 60.7 Å². The van der Waals surface area contributed by atoms with Crippen LogP contribution in [0.4, 0.5) is 5.82 Å². The quantitative estimate of drug-likeness (QED) is 0.567. The Hall–Kier alpha value is -3.21. The van der Waals surface area contributed by atoms with Crippen LogP contribution in [-0.4, -0.2) is 47.0 Å². The molecule has 5 rings (SSSR count). The van der Waals surface area contributed by atoms with E-state index in [0.717, 1.165) is 74.8 Å². The summed E-state index contributed by atoms with van der Waals surface area (Å²) in [7, 11) is 0. The van der Waals surface area contributed by atoms with Gasteiger partial charge in [-0.05, 0) is 31.7 Å². The number of hydrogen-bond donors (Lipinski definition) is 0. The molecule has 1 aromatic heterocycles. The van der Waals surface area contributed by atoms with Gasteiger partial charge in [-0.15, -0.1) is 0 Å². The third-order valence-electron chi connectivity index (χ3n) is 7.01. The van der Waals surface area contributed by atoms with Gasteiger partial charge in [0.2, 0.25) is 5.91 Å². The van der Waals surface area contributed by atoms with Crippen molar-refractivity contribution in [3.63, 3.8) is 0 Å². The number of nitrogens with zero attached hydrogens (tertiary/aromatic N) is 4. The highest BCUT2D eigenvalue weighted by atomic mass is 16.2. The lowest BCUT2D eigenvalue weighted by molar-refractivity contribution is -0.137. The lowest BCUT2D eigenvalue weighted by Crippen LogP contribution is -2.41. The second kappa shape index (κ2) is 9.74. The molecule has 2 aliphatic rings. The van der Waals surface area contributed by atoms with E-state index in [2.05, 4.69) is 59.2 Å². The molecule has 2 aromatic carbocycles. The smallest absolute Gasteiger partial charge is 0.225 e. The van der Waals surface area contributed by atoms with E-state index in [9.17, 15) is 4.79 Å². The van der Waals surface area contributed by atoms with Gasteiger partial charge in [0.15, 0.2) is 5.82 Å². The molecule has 0 spiro atoms. The fourth-order valence-corrected chi connectivity index (χ4v) is 4.83. The minimum atomic E-state index is 0.260. The molecule has 0 bridgehead atoms. The number of aromatic nitrogens is 2. The molecule has 0 unspecified atom stereocenters. The van der Waals surface area contributed by atoms with Gasteiger partial charge in [-0.1, -0.05) is 67.1 Å². The Balaban J connectivity index is 1.47. The van der Waals surface area contributed by atoms with Gasteiger partial charge in [0.1, 0.15) is 5.82 Å². The molecule has 1 saturated heterocycles. The highest BCUT2D eigenvalue weighted by Gasteiger charge is 2.31. The topological polar surface area (TPSA) is 49.3 Å². The first-order chi connectivity index (χ1) is 16.2. The molecule has 0 N–H and O–H groups in total. The first-order valence-corrected chi connectivity index (χ1v) is 12.2. The second-order valence-electron chi connectivity index (χ2n) is 9.26. The van der Waals surface area contributed by atoms with Crippen molar-refractivity contribution in [3.05, 3.63) is 77.5 Å². The summed E-state index contributed by atoms with van der Waals surface area (Å²) >= 11 is 0. The van der Waals surface area contributed by atoms with Crippen molar-refractivity contribution in [2.24, 2.45) is 5.92 Å². The first kappa shape index (κ1) is 21.6. The lowest BCUT2D eigenvalue weighted by atomic mass is 9.84. The molecule has 3 aromatic rings. The molecule has 0 radical (unpaired) electrons. The third-order valence-corrected chi connectivity index (χ3v) is 7.01. The molecule has 5 heteroatoms. The number of rotatable bonds is 5. The van der Waals surface area contributed by atoms with Gasteiger partial charge in [-0.25, -0.2) is 9.97 Å². The standard InChI is InChI=1S/C28H32N4O/c1-21-25(20-22-10-4-2-5-11-22)27(30-26(29-21)23-12-6-3-7-13-23)31-16-9-17-32(19-18-31)28(33)24-14-8-15-24/h2-7,10-13,24H,8-9,14-20H2,1H3. The van der Waals surface area contributed by atoms with Crippen LogP contribution in [0.5, 0.6) is 0 Å². The van der Waals surface area contributed by atoms with Crippen LogP contribution in [0.2, 0.25) is 0 Å². The van der Waals surface area contributed by atoms with Gasteiger partial charge in [-0.2, -0.15) is 0 Å². The van der Waals surface area contributed by atoms with Crippen molar-refractivity contribution in [1.29, 1.82) is 0 Å². The van der Waals surface area contributed by atoms with E-state index in [1.165, 1.54) is 17.5 Å². The largest absolute Gasteiger partial charge is 0.354 e. The number of carbonyl (C=O) groups is 1. The first-order valence-electron chi connectivity index (χ1n) is 12.2. The normalized spacial score (nSPS) is 16.9. The summed E-state index contributed by atoms with van der Waals surface area (Å²) in [5, 5.41) is 0. The Labute approximate surface area is 196 Å². The zero-order chi connectivity index (χ0) is 22.6. The second-order valence-corrected chi connectivity index (χ2v) is 9.26. The van der Waals surface area contributed by atoms with E-state index in [4.69, 9.17) is 9.97 Å². The van der Waals surface area contributed by atoms with Crippen LogP contribution >= 0.6 is 0 Å². The summed E-state index contributed by atoms with van der Waals surface area (Å²) in [5.74, 6) is 2.40. The van der Waals surface area contributed by atoms with Crippen molar-refractivity contribution in [1.82, 2.24) is 14.9 Å². The summed E-state index contributed by atoms with van der Waals surface area (Å²) in [5.41, 5.74) is 4.49. The fraction of sp³-hybridized carbons (Fsp3) is 0.393. The van der Waals surface area contributed by atoms with Crippen LogP contribution in [0.1, 0.15) is 42.5 Å². The Morgan fingerprint density at radius 3 is 2.30 bits per heavy atom. The predicted molar refractivity (Wildman–Crippen MR) is 132 cm³/mol. The fourth-order valence-electron chi connectivity index (χ4n) is 4.83. The minimum Gasteiger partial charge on any atom is -0.354 e. The molecule has 1 amide bonds. The zero-order valence-electron chi connectivity index (χ0n) is 19.4. The van der Waals surface area contributed by atoms with Crippen LogP contribution in [0.25, 0.3) is 11.4 Å². The molecule has 2 heterocycles.